The lowest BCUT2D eigenvalue weighted by Crippen LogP contribution is -2.59. The highest BCUT2D eigenvalue weighted by Gasteiger charge is 2.36. The number of hydrogen-bond acceptors (Lipinski definition) is 3. The van der Waals surface area contributed by atoms with Gasteiger partial charge in [0.05, 0.1) is 0 Å². The first-order valence-corrected chi connectivity index (χ1v) is 4.00. The molecule has 0 radical (unpaired) electrons. The van der Waals surface area contributed by atoms with E-state index in [4.69, 9.17) is 10.8 Å². The molecule has 4 nitrogen and oxygen atoms in total. The molecule has 0 saturated heterocycles. The summed E-state index contributed by atoms with van der Waals surface area (Å²) in [5, 5.41) is 8.89. The first-order chi connectivity index (χ1) is 5.30. The maximum absolute atomic E-state index is 10.8. The van der Waals surface area contributed by atoms with Crippen molar-refractivity contribution in [3.8, 4) is 0 Å². The van der Waals surface area contributed by atoms with Crippen molar-refractivity contribution in [3.05, 3.63) is 0 Å². The monoisotopic (exact) mass is 174 g/mol. The third-order valence-electron chi connectivity index (χ3n) is 1.89. The van der Waals surface area contributed by atoms with Gasteiger partial charge in [0.2, 0.25) is 0 Å². The summed E-state index contributed by atoms with van der Waals surface area (Å²) in [7, 11) is 3.35. The SMILES string of the molecule is CC(C)C[C@](N)(C(=O)O)N(C)C. The highest BCUT2D eigenvalue weighted by Crippen LogP contribution is 2.16. The van der Waals surface area contributed by atoms with Gasteiger partial charge in [-0.1, -0.05) is 13.8 Å². The Morgan fingerprint density at radius 1 is 1.58 bits per heavy atom. The highest BCUT2D eigenvalue weighted by atomic mass is 16.4. The maximum atomic E-state index is 10.8. The first-order valence-electron chi connectivity index (χ1n) is 4.00. The molecule has 0 bridgehead atoms. The second-order valence-electron chi connectivity index (χ2n) is 3.72. The summed E-state index contributed by atoms with van der Waals surface area (Å²) in [6.07, 6.45) is 0.454. The van der Waals surface area contributed by atoms with E-state index < -0.39 is 11.6 Å². The number of hydrogen-bond donors (Lipinski definition) is 2. The van der Waals surface area contributed by atoms with Crippen LogP contribution >= 0.6 is 0 Å². The lowest BCUT2D eigenvalue weighted by molar-refractivity contribution is -0.150. The third-order valence-corrected chi connectivity index (χ3v) is 1.89. The van der Waals surface area contributed by atoms with Gasteiger partial charge >= 0.3 is 5.97 Å². The molecule has 0 heterocycles. The lowest BCUT2D eigenvalue weighted by atomic mass is 9.97. The number of nitrogens with two attached hydrogens (primary N) is 1. The zero-order chi connectivity index (χ0) is 9.94. The molecule has 0 aliphatic heterocycles. The van der Waals surface area contributed by atoms with Crippen LogP contribution in [0.2, 0.25) is 0 Å². The Hall–Kier alpha value is -0.610. The second kappa shape index (κ2) is 3.87. The van der Waals surface area contributed by atoms with Crippen LogP contribution in [0, 0.1) is 5.92 Å². The number of aliphatic carboxylic acids is 1. The fourth-order valence-electron chi connectivity index (χ4n) is 1.08. The standard InChI is InChI=1S/C8H18N2O2/c1-6(2)5-8(9,7(11)12)10(3)4/h6H,5,9H2,1-4H3,(H,11,12)/t8-/m1/s1. The zero-order valence-corrected chi connectivity index (χ0v) is 8.16. The van der Waals surface area contributed by atoms with Crippen LogP contribution < -0.4 is 5.73 Å². The molecule has 1 atom stereocenters. The smallest absolute Gasteiger partial charge is 0.338 e. The van der Waals surface area contributed by atoms with Crippen molar-refractivity contribution in [1.29, 1.82) is 0 Å². The Morgan fingerprint density at radius 2 is 2.00 bits per heavy atom. The van der Waals surface area contributed by atoms with Crippen LogP contribution in [0.3, 0.4) is 0 Å². The minimum atomic E-state index is -1.23. The number of rotatable bonds is 4. The van der Waals surface area contributed by atoms with Crippen LogP contribution in [0.25, 0.3) is 0 Å². The molecule has 3 N–H and O–H groups in total. The molecule has 0 aromatic rings. The second-order valence-corrected chi connectivity index (χ2v) is 3.72. The van der Waals surface area contributed by atoms with E-state index in [1.807, 2.05) is 13.8 Å². The van der Waals surface area contributed by atoms with E-state index in [0.29, 0.717) is 6.42 Å². The number of likely N-dealkylation sites (N-methyl/N-ethyl adjacent to an activating group) is 1. The Morgan fingerprint density at radius 3 is 2.08 bits per heavy atom. The number of carboxylic acids is 1. The van der Waals surface area contributed by atoms with Crippen LogP contribution in [0.15, 0.2) is 0 Å². The van der Waals surface area contributed by atoms with Gasteiger partial charge in [0.1, 0.15) is 0 Å². The topological polar surface area (TPSA) is 66.6 Å². The molecule has 72 valence electrons. The minimum Gasteiger partial charge on any atom is -0.479 e. The molecule has 0 saturated carbocycles. The Labute approximate surface area is 73.3 Å². The zero-order valence-electron chi connectivity index (χ0n) is 8.16. The molecule has 0 aromatic carbocycles. The van der Waals surface area contributed by atoms with Crippen molar-refractivity contribution in [2.24, 2.45) is 11.7 Å². The van der Waals surface area contributed by atoms with Crippen molar-refractivity contribution >= 4 is 5.97 Å². The number of carbonyl (C=O) groups is 1. The fourth-order valence-corrected chi connectivity index (χ4v) is 1.08. The molecular formula is C8H18N2O2. The van der Waals surface area contributed by atoms with Gasteiger partial charge in [0, 0.05) is 0 Å². The van der Waals surface area contributed by atoms with Gasteiger partial charge in [-0.05, 0) is 26.4 Å². The average Bonchev–Trinajstić information content (AvgIpc) is 1.84. The van der Waals surface area contributed by atoms with Crippen molar-refractivity contribution in [1.82, 2.24) is 4.90 Å². The molecule has 0 amide bonds. The van der Waals surface area contributed by atoms with Crippen molar-refractivity contribution in [3.63, 3.8) is 0 Å². The summed E-state index contributed by atoms with van der Waals surface area (Å²) in [6.45, 7) is 3.90. The Balaban J connectivity index is 4.51. The normalized spacial score (nSPS) is 16.6. The molecule has 0 aliphatic rings. The van der Waals surface area contributed by atoms with Gasteiger partial charge in [-0.2, -0.15) is 0 Å². The molecular weight excluding hydrogens is 156 g/mol. The fraction of sp³-hybridized carbons (Fsp3) is 0.875. The summed E-state index contributed by atoms with van der Waals surface area (Å²) < 4.78 is 0. The van der Waals surface area contributed by atoms with Crippen LogP contribution in [-0.2, 0) is 4.79 Å². The largest absolute Gasteiger partial charge is 0.479 e. The quantitative estimate of drug-likeness (QED) is 0.603. The highest BCUT2D eigenvalue weighted by molar-refractivity contribution is 5.77. The molecule has 0 spiro atoms. The molecule has 0 rings (SSSR count). The van der Waals surface area contributed by atoms with Crippen LogP contribution in [0.5, 0.6) is 0 Å². The summed E-state index contributed by atoms with van der Waals surface area (Å²) >= 11 is 0. The molecule has 0 fully saturated rings. The Kier molecular flexibility index (Phi) is 3.67. The molecule has 4 heteroatoms. The predicted octanol–water partition coefficient (Wildman–Crippen LogP) is 0.334. The molecule has 12 heavy (non-hydrogen) atoms. The van der Waals surface area contributed by atoms with Gasteiger partial charge in [0.15, 0.2) is 5.66 Å². The summed E-state index contributed by atoms with van der Waals surface area (Å²) in [5.74, 6) is -0.699. The molecule has 0 aliphatic carbocycles. The van der Waals surface area contributed by atoms with E-state index in [-0.39, 0.29) is 5.92 Å². The van der Waals surface area contributed by atoms with Crippen LogP contribution in [-0.4, -0.2) is 35.7 Å². The van der Waals surface area contributed by atoms with Crippen LogP contribution in [0.4, 0.5) is 0 Å². The van der Waals surface area contributed by atoms with Crippen LogP contribution in [0.1, 0.15) is 20.3 Å². The van der Waals surface area contributed by atoms with E-state index in [1.54, 1.807) is 14.1 Å². The summed E-state index contributed by atoms with van der Waals surface area (Å²) in [4.78, 5) is 12.4. The lowest BCUT2D eigenvalue weighted by Gasteiger charge is -2.33. The maximum Gasteiger partial charge on any atom is 0.338 e. The number of nitrogens with zero attached hydrogens (tertiary/aromatic N) is 1. The van der Waals surface area contributed by atoms with Gasteiger partial charge in [-0.3, -0.25) is 4.90 Å². The average molecular weight is 174 g/mol. The van der Waals surface area contributed by atoms with E-state index in [0.717, 1.165) is 0 Å². The van der Waals surface area contributed by atoms with Gasteiger partial charge < -0.3 is 10.8 Å². The molecule has 0 unspecified atom stereocenters. The molecule has 0 aromatic heterocycles. The Bertz CT molecular complexity index is 168. The van der Waals surface area contributed by atoms with E-state index >= 15 is 0 Å². The summed E-state index contributed by atoms with van der Waals surface area (Å²) in [5.41, 5.74) is 4.48. The summed E-state index contributed by atoms with van der Waals surface area (Å²) in [6, 6.07) is 0. The van der Waals surface area contributed by atoms with Gasteiger partial charge in [-0.15, -0.1) is 0 Å². The first kappa shape index (κ1) is 11.4. The van der Waals surface area contributed by atoms with Gasteiger partial charge in [0.25, 0.3) is 0 Å². The van der Waals surface area contributed by atoms with Gasteiger partial charge in [-0.25, -0.2) is 4.79 Å². The van der Waals surface area contributed by atoms with Crippen molar-refractivity contribution in [2.45, 2.75) is 25.9 Å². The predicted molar refractivity (Wildman–Crippen MR) is 47.7 cm³/mol. The van der Waals surface area contributed by atoms with E-state index in [2.05, 4.69) is 0 Å². The van der Waals surface area contributed by atoms with E-state index in [9.17, 15) is 4.79 Å². The third kappa shape index (κ3) is 2.46. The number of carboxylic acid groups (broad SMARTS) is 1. The van der Waals surface area contributed by atoms with Crippen molar-refractivity contribution in [2.75, 3.05) is 14.1 Å². The van der Waals surface area contributed by atoms with E-state index in [1.165, 1.54) is 4.90 Å². The van der Waals surface area contributed by atoms with Crippen molar-refractivity contribution < 1.29 is 9.90 Å². The minimum absolute atomic E-state index is 0.272.